The molecule has 0 radical (unpaired) electrons. The maximum Gasteiger partial charge on any atom is 0.414 e. The highest BCUT2D eigenvalue weighted by Crippen LogP contribution is 2.46. The average Bonchev–Trinajstić information content (AvgIpc) is 3.73. The van der Waals surface area contributed by atoms with Crippen LogP contribution in [0.5, 0.6) is 0 Å². The molecular formula is C29H40N7O8S2+. The number of carbonyl (C=O) groups is 4. The summed E-state index contributed by atoms with van der Waals surface area (Å²) in [6, 6.07) is -0.984. The van der Waals surface area contributed by atoms with Crippen LogP contribution >= 0.6 is 23.3 Å². The lowest BCUT2D eigenvalue weighted by Gasteiger charge is -2.55. The molecule has 0 unspecified atom stereocenters. The van der Waals surface area contributed by atoms with E-state index in [4.69, 9.17) is 9.57 Å². The Morgan fingerprint density at radius 1 is 1.17 bits per heavy atom. The third kappa shape index (κ3) is 6.73. The number of thioether (sulfide) groups is 1. The van der Waals surface area contributed by atoms with E-state index in [2.05, 4.69) is 25.1 Å². The van der Waals surface area contributed by atoms with Crippen LogP contribution in [0.2, 0.25) is 0 Å². The molecule has 1 aromatic rings. The van der Waals surface area contributed by atoms with Crippen LogP contribution in [0.3, 0.4) is 0 Å². The van der Waals surface area contributed by atoms with Gasteiger partial charge in [-0.25, -0.2) is 9.59 Å². The van der Waals surface area contributed by atoms with Crippen molar-refractivity contribution >= 4 is 58.0 Å². The first kappa shape index (κ1) is 32.7. The Bertz CT molecular complexity index is 1460. The largest absolute Gasteiger partial charge is 0.477 e. The number of ether oxygens (including phenoxy) is 1. The molecule has 1 aliphatic carbocycles. The zero-order valence-electron chi connectivity index (χ0n) is 26.1. The molecule has 5 fully saturated rings. The van der Waals surface area contributed by atoms with Crippen molar-refractivity contribution in [3.63, 3.8) is 0 Å². The minimum absolute atomic E-state index is 0.00278. The van der Waals surface area contributed by atoms with Crippen molar-refractivity contribution in [2.45, 2.75) is 69.9 Å². The SMILES string of the molecule is CC(C)(C)OC(=O)Nc1nc(C(=NOCC2CC2)C(=O)N[C@@H]2C(=O)N3C(C(=O)O)=C(C[N+]45CCC(CO)(CC4)CC5)CS[C@@H]23)ns1. The van der Waals surface area contributed by atoms with Crippen molar-refractivity contribution in [1.29, 1.82) is 0 Å². The van der Waals surface area contributed by atoms with Crippen molar-refractivity contribution in [2.24, 2.45) is 16.5 Å². The minimum atomic E-state index is -1.16. The van der Waals surface area contributed by atoms with Crippen molar-refractivity contribution in [2.75, 3.05) is 50.5 Å². The van der Waals surface area contributed by atoms with E-state index in [-0.39, 0.29) is 34.4 Å². The van der Waals surface area contributed by atoms with Gasteiger partial charge in [0.1, 0.15) is 35.9 Å². The number of aliphatic hydroxyl groups excluding tert-OH is 1. The van der Waals surface area contributed by atoms with Gasteiger partial charge in [-0.05, 0) is 39.5 Å². The number of carboxylic acid groups (broad SMARTS) is 1. The summed E-state index contributed by atoms with van der Waals surface area (Å²) in [5.41, 5.74) is -0.282. The van der Waals surface area contributed by atoms with E-state index in [0.29, 0.717) is 24.8 Å². The zero-order chi connectivity index (χ0) is 32.9. The maximum absolute atomic E-state index is 13.5. The van der Waals surface area contributed by atoms with E-state index in [1.165, 1.54) is 16.7 Å². The molecular weight excluding hydrogens is 638 g/mol. The number of fused-ring (bicyclic) bond motifs is 4. The predicted octanol–water partition coefficient (Wildman–Crippen LogP) is 1.75. The number of piperidine rings is 3. The van der Waals surface area contributed by atoms with Gasteiger partial charge in [-0.2, -0.15) is 9.36 Å². The summed E-state index contributed by atoms with van der Waals surface area (Å²) in [4.78, 5) is 62.6. The lowest BCUT2D eigenvalue weighted by Crippen LogP contribution is -2.71. The molecule has 17 heteroatoms. The Morgan fingerprint density at radius 3 is 2.48 bits per heavy atom. The summed E-state index contributed by atoms with van der Waals surface area (Å²) in [7, 11) is 0. The minimum Gasteiger partial charge on any atom is -0.477 e. The summed E-state index contributed by atoms with van der Waals surface area (Å²) < 4.78 is 10.2. The second kappa shape index (κ2) is 12.4. The van der Waals surface area contributed by atoms with Gasteiger partial charge in [0.15, 0.2) is 0 Å². The number of hydrogen-bond acceptors (Lipinski definition) is 12. The van der Waals surface area contributed by atoms with Crippen molar-refractivity contribution in [3.05, 3.63) is 17.1 Å². The lowest BCUT2D eigenvalue weighted by molar-refractivity contribution is -0.941. The Labute approximate surface area is 274 Å². The van der Waals surface area contributed by atoms with Crippen molar-refractivity contribution < 1.29 is 43.4 Å². The van der Waals surface area contributed by atoms with Gasteiger partial charge in [0.2, 0.25) is 16.7 Å². The molecule has 46 heavy (non-hydrogen) atoms. The Hall–Kier alpha value is -3.28. The van der Waals surface area contributed by atoms with E-state index in [9.17, 15) is 29.4 Å². The number of oxime groups is 1. The van der Waals surface area contributed by atoms with E-state index >= 15 is 0 Å². The third-order valence-electron chi connectivity index (χ3n) is 9.37. The first-order chi connectivity index (χ1) is 21.8. The highest BCUT2D eigenvalue weighted by molar-refractivity contribution is 8.00. The number of nitrogens with zero attached hydrogens (tertiary/aromatic N) is 5. The smallest absolute Gasteiger partial charge is 0.414 e. The quantitative estimate of drug-likeness (QED) is 0.115. The van der Waals surface area contributed by atoms with Gasteiger partial charge < -0.3 is 29.6 Å². The van der Waals surface area contributed by atoms with E-state index < -0.39 is 40.9 Å². The predicted molar refractivity (Wildman–Crippen MR) is 168 cm³/mol. The van der Waals surface area contributed by atoms with Crippen LogP contribution in [-0.4, -0.2) is 121 Å². The van der Waals surface area contributed by atoms with Gasteiger partial charge in [-0.15, -0.1) is 11.8 Å². The monoisotopic (exact) mass is 678 g/mol. The molecule has 1 saturated carbocycles. The number of quaternary nitrogens is 1. The lowest BCUT2D eigenvalue weighted by atomic mass is 9.71. The number of carbonyl (C=O) groups excluding carboxylic acids is 3. The molecule has 6 aliphatic rings. The van der Waals surface area contributed by atoms with E-state index in [1.54, 1.807) is 20.8 Å². The number of amides is 3. The molecule has 250 valence electrons. The van der Waals surface area contributed by atoms with Crippen LogP contribution in [0.15, 0.2) is 16.4 Å². The number of anilines is 1. The number of nitrogens with one attached hydrogen (secondary N) is 2. The van der Waals surface area contributed by atoms with Gasteiger partial charge in [-0.3, -0.25) is 19.8 Å². The van der Waals surface area contributed by atoms with Gasteiger partial charge in [0, 0.05) is 54.1 Å². The van der Waals surface area contributed by atoms with E-state index in [0.717, 1.165) is 73.3 Å². The molecule has 4 saturated heterocycles. The molecule has 2 atom stereocenters. The first-order valence-electron chi connectivity index (χ1n) is 15.5. The molecule has 4 N–H and O–H groups in total. The number of hydrogen-bond donors (Lipinski definition) is 4. The van der Waals surface area contributed by atoms with Gasteiger partial charge >= 0.3 is 12.1 Å². The van der Waals surface area contributed by atoms with Crippen LogP contribution < -0.4 is 10.6 Å². The van der Waals surface area contributed by atoms with E-state index in [1.807, 2.05) is 0 Å². The molecule has 6 heterocycles. The Morgan fingerprint density at radius 2 is 1.87 bits per heavy atom. The first-order valence-corrected chi connectivity index (χ1v) is 17.3. The van der Waals surface area contributed by atoms with Gasteiger partial charge in [0.25, 0.3) is 11.8 Å². The summed E-state index contributed by atoms with van der Waals surface area (Å²) >= 11 is 2.25. The van der Waals surface area contributed by atoms with Gasteiger partial charge in [-0.1, -0.05) is 5.16 Å². The molecule has 5 aliphatic heterocycles. The van der Waals surface area contributed by atoms with Crippen molar-refractivity contribution in [1.82, 2.24) is 19.6 Å². The van der Waals surface area contributed by atoms with Gasteiger partial charge in [0.05, 0.1) is 19.6 Å². The maximum atomic E-state index is 13.5. The standard InChI is InChI=1S/C29H39N7O8S2/c1-28(2,3)44-27(42)32-26-31-21(34-46-26)18(33-43-13-16-4-5-16)22(38)30-19-23(39)35-20(25(40)41)17(14-45-24(19)35)12-36-9-6-29(15-37,7-10-36)8-11-36/h16,19,24,37H,4-15H2,1-3H3,(H2-,30,31,32,34,38,40,41,42)/p+1/t19-,24+,29?,36?/m1/s1. The number of aliphatic carboxylic acids is 1. The van der Waals surface area contributed by atoms with Crippen LogP contribution in [0, 0.1) is 11.3 Å². The zero-order valence-corrected chi connectivity index (χ0v) is 27.7. The molecule has 3 amide bonds. The number of β-lactam (4-membered cyclic amide) rings is 1. The normalized spacial score (nSPS) is 29.2. The summed E-state index contributed by atoms with van der Waals surface area (Å²) in [5.74, 6) is -1.76. The highest BCUT2D eigenvalue weighted by Gasteiger charge is 2.56. The molecule has 2 bridgehead atoms. The van der Waals surface area contributed by atoms with Crippen LogP contribution in [0.25, 0.3) is 0 Å². The van der Waals surface area contributed by atoms with Crippen LogP contribution in [0.4, 0.5) is 9.93 Å². The molecule has 0 aromatic carbocycles. The molecule has 7 rings (SSSR count). The molecule has 15 nitrogen and oxygen atoms in total. The highest BCUT2D eigenvalue weighted by atomic mass is 32.2. The van der Waals surface area contributed by atoms with Crippen molar-refractivity contribution in [3.8, 4) is 0 Å². The fraction of sp³-hybridized carbons (Fsp3) is 0.690. The van der Waals surface area contributed by atoms with Crippen LogP contribution in [0.1, 0.15) is 58.7 Å². The number of carboxylic acids is 1. The summed E-state index contributed by atoms with van der Waals surface area (Å²) in [6.45, 7) is 8.85. The number of rotatable bonds is 11. The number of aliphatic hydroxyl groups is 1. The van der Waals surface area contributed by atoms with Crippen LogP contribution in [-0.2, 0) is 24.0 Å². The Balaban J connectivity index is 1.15. The second-order valence-electron chi connectivity index (χ2n) is 13.9. The fourth-order valence-corrected chi connectivity index (χ4v) is 8.36. The third-order valence-corrected chi connectivity index (χ3v) is 11.3. The topological polar surface area (TPSA) is 193 Å². The number of aromatic nitrogens is 2. The Kier molecular flexibility index (Phi) is 8.80. The summed E-state index contributed by atoms with van der Waals surface area (Å²) in [6.07, 6.45) is 4.01. The second-order valence-corrected chi connectivity index (χ2v) is 15.8. The molecule has 0 spiro atoms. The summed E-state index contributed by atoms with van der Waals surface area (Å²) in [5, 5.41) is 28.8. The average molecular weight is 679 g/mol. The fourth-order valence-electron chi connectivity index (χ4n) is 6.46. The molecule has 1 aromatic heterocycles.